The van der Waals surface area contributed by atoms with Crippen LogP contribution < -0.4 is 15.5 Å². The van der Waals surface area contributed by atoms with Gasteiger partial charge in [-0.25, -0.2) is 0 Å². The lowest BCUT2D eigenvalue weighted by molar-refractivity contribution is -0.203. The van der Waals surface area contributed by atoms with Crippen molar-refractivity contribution in [2.45, 2.75) is 59.0 Å². The van der Waals surface area contributed by atoms with Gasteiger partial charge in [-0.1, -0.05) is 63.2 Å². The molecule has 1 aliphatic rings. The van der Waals surface area contributed by atoms with Gasteiger partial charge in [0.2, 0.25) is 5.91 Å². The van der Waals surface area contributed by atoms with Gasteiger partial charge < -0.3 is 15.5 Å². The van der Waals surface area contributed by atoms with E-state index in [4.69, 9.17) is 9.78 Å². The Morgan fingerprint density at radius 3 is 2.68 bits per heavy atom. The fourth-order valence-corrected chi connectivity index (χ4v) is 4.07. The molecule has 5 nitrogen and oxygen atoms in total. The lowest BCUT2D eigenvalue weighted by Gasteiger charge is -2.26. The van der Waals surface area contributed by atoms with Crippen LogP contribution in [0.4, 0.5) is 0 Å². The Balaban J connectivity index is 1.48. The summed E-state index contributed by atoms with van der Waals surface area (Å²) in [5, 5.41) is 6.68. The van der Waals surface area contributed by atoms with Crippen LogP contribution in [0.5, 0.6) is 5.75 Å². The van der Waals surface area contributed by atoms with Crippen molar-refractivity contribution in [2.24, 2.45) is 11.8 Å². The first kappa shape index (κ1) is 23.3. The van der Waals surface area contributed by atoms with E-state index in [9.17, 15) is 4.79 Å². The van der Waals surface area contributed by atoms with E-state index >= 15 is 0 Å². The minimum Gasteiger partial charge on any atom is -0.353 e. The van der Waals surface area contributed by atoms with Crippen LogP contribution in [0.2, 0.25) is 0 Å². The van der Waals surface area contributed by atoms with Gasteiger partial charge in [-0.2, -0.15) is 4.89 Å². The normalized spacial score (nSPS) is 16.4. The van der Waals surface area contributed by atoms with E-state index in [2.05, 4.69) is 48.7 Å². The second-order valence-corrected chi connectivity index (χ2v) is 8.67. The summed E-state index contributed by atoms with van der Waals surface area (Å²) >= 11 is 0. The molecule has 0 bridgehead atoms. The topological polar surface area (TPSA) is 59.6 Å². The molecule has 2 N–H and O–H groups in total. The fraction of sp³-hybridized carbons (Fsp3) is 0.500. The first-order valence-electron chi connectivity index (χ1n) is 11.5. The molecule has 5 heteroatoms. The Hall–Kier alpha value is -2.37. The molecule has 2 aromatic carbocycles. The molecule has 0 aromatic heterocycles. The Morgan fingerprint density at radius 1 is 1.10 bits per heavy atom. The van der Waals surface area contributed by atoms with Crippen LogP contribution in [0, 0.1) is 11.8 Å². The average molecular weight is 425 g/mol. The summed E-state index contributed by atoms with van der Waals surface area (Å²) in [4.78, 5) is 23.3. The third kappa shape index (κ3) is 7.08. The van der Waals surface area contributed by atoms with Crippen molar-refractivity contribution in [3.8, 4) is 5.75 Å². The van der Waals surface area contributed by atoms with Crippen molar-refractivity contribution < 1.29 is 14.6 Å². The van der Waals surface area contributed by atoms with Crippen molar-refractivity contribution in [3.05, 3.63) is 65.2 Å². The summed E-state index contributed by atoms with van der Waals surface area (Å²) in [5.74, 6) is 1.21. The molecule has 0 aliphatic carbocycles. The molecule has 0 saturated heterocycles. The van der Waals surface area contributed by atoms with Crippen molar-refractivity contribution in [1.82, 2.24) is 10.6 Å². The zero-order chi connectivity index (χ0) is 22.1. The number of hydrogen-bond acceptors (Lipinski definition) is 4. The highest BCUT2D eigenvalue weighted by Crippen LogP contribution is 2.26. The van der Waals surface area contributed by atoms with Crippen LogP contribution in [0.25, 0.3) is 0 Å². The van der Waals surface area contributed by atoms with Crippen LogP contribution >= 0.6 is 0 Å². The van der Waals surface area contributed by atoms with E-state index in [1.54, 1.807) is 0 Å². The summed E-state index contributed by atoms with van der Waals surface area (Å²) < 4.78 is 0. The van der Waals surface area contributed by atoms with Crippen LogP contribution in [0.3, 0.4) is 0 Å². The maximum atomic E-state index is 12.8. The summed E-state index contributed by atoms with van der Waals surface area (Å²) in [6.07, 6.45) is 3.78. The molecule has 3 atom stereocenters. The van der Waals surface area contributed by atoms with Crippen molar-refractivity contribution >= 4 is 5.91 Å². The molecule has 2 aromatic rings. The number of carbonyl (C=O) groups excluding carboxylic acids is 1. The predicted molar refractivity (Wildman–Crippen MR) is 124 cm³/mol. The minimum atomic E-state index is -0.0744. The molecular formula is C26H36N2O3. The lowest BCUT2D eigenvalue weighted by atomic mass is 9.90. The molecule has 0 saturated carbocycles. The van der Waals surface area contributed by atoms with E-state index in [1.165, 1.54) is 16.7 Å². The Bertz CT molecular complexity index is 825. The number of fused-ring (bicyclic) bond motifs is 1. The highest BCUT2D eigenvalue weighted by Gasteiger charge is 2.22. The van der Waals surface area contributed by atoms with Gasteiger partial charge in [0, 0.05) is 25.0 Å². The van der Waals surface area contributed by atoms with Crippen molar-refractivity contribution in [3.63, 3.8) is 0 Å². The quantitative estimate of drug-likeness (QED) is 0.554. The first-order chi connectivity index (χ1) is 15.1. The van der Waals surface area contributed by atoms with Crippen LogP contribution in [-0.4, -0.2) is 25.1 Å². The number of amides is 1. The third-order valence-electron chi connectivity index (χ3n) is 6.03. The van der Waals surface area contributed by atoms with Gasteiger partial charge in [-0.05, 0) is 54.4 Å². The molecule has 3 unspecified atom stereocenters. The van der Waals surface area contributed by atoms with Crippen LogP contribution in [-0.2, 0) is 29.1 Å². The molecule has 168 valence electrons. The lowest BCUT2D eigenvalue weighted by Crippen LogP contribution is -2.44. The minimum absolute atomic E-state index is 0.0744. The highest BCUT2D eigenvalue weighted by atomic mass is 17.2. The SMILES string of the molecule is CCC(NC(=O)C(C)CNCc1ccccc1)C(C)Cc1ccc2c(c1)CCCOO2. The highest BCUT2D eigenvalue weighted by molar-refractivity contribution is 5.78. The predicted octanol–water partition coefficient (Wildman–Crippen LogP) is 4.44. The van der Waals surface area contributed by atoms with Gasteiger partial charge in [-0.15, -0.1) is 0 Å². The first-order valence-corrected chi connectivity index (χ1v) is 11.5. The monoisotopic (exact) mass is 424 g/mol. The Labute approximate surface area is 186 Å². The number of aryl methyl sites for hydroxylation is 1. The zero-order valence-electron chi connectivity index (χ0n) is 19.0. The number of benzene rings is 2. The van der Waals surface area contributed by atoms with E-state index in [1.807, 2.05) is 31.2 Å². The third-order valence-corrected chi connectivity index (χ3v) is 6.03. The standard InChI is InChI=1S/C26H36N2O3/c1-4-24(28-26(29)20(3)17-27-18-21-9-6-5-7-10-21)19(2)15-22-12-13-25-23(16-22)11-8-14-30-31-25/h5-7,9-10,12-13,16,19-20,24,27H,4,8,11,14-15,17-18H2,1-3H3,(H,28,29). The van der Waals surface area contributed by atoms with Gasteiger partial charge in [-0.3, -0.25) is 4.79 Å². The van der Waals surface area contributed by atoms with Crippen LogP contribution in [0.15, 0.2) is 48.5 Å². The molecule has 1 heterocycles. The Kier molecular flexibility index (Phi) is 8.92. The molecule has 0 radical (unpaired) electrons. The number of carbonyl (C=O) groups is 1. The van der Waals surface area contributed by atoms with Gasteiger partial charge in [0.15, 0.2) is 5.75 Å². The smallest absolute Gasteiger partial charge is 0.224 e. The average Bonchev–Trinajstić information content (AvgIpc) is 3.02. The molecule has 0 fully saturated rings. The van der Waals surface area contributed by atoms with E-state index < -0.39 is 0 Å². The summed E-state index contributed by atoms with van der Waals surface area (Å²) in [7, 11) is 0. The molecule has 1 aliphatic heterocycles. The molecule has 3 rings (SSSR count). The molecule has 1 amide bonds. The second-order valence-electron chi connectivity index (χ2n) is 8.67. The van der Waals surface area contributed by atoms with Gasteiger partial charge in [0.25, 0.3) is 0 Å². The molecule has 0 spiro atoms. The summed E-state index contributed by atoms with van der Waals surface area (Å²) in [6.45, 7) is 8.42. The molecular weight excluding hydrogens is 388 g/mol. The van der Waals surface area contributed by atoms with Crippen LogP contribution in [0.1, 0.15) is 50.3 Å². The maximum absolute atomic E-state index is 12.8. The van der Waals surface area contributed by atoms with Gasteiger partial charge >= 0.3 is 0 Å². The fourth-order valence-electron chi connectivity index (χ4n) is 4.07. The largest absolute Gasteiger partial charge is 0.353 e. The summed E-state index contributed by atoms with van der Waals surface area (Å²) in [6, 6.07) is 16.8. The van der Waals surface area contributed by atoms with E-state index in [-0.39, 0.29) is 17.9 Å². The van der Waals surface area contributed by atoms with Crippen molar-refractivity contribution in [1.29, 1.82) is 0 Å². The summed E-state index contributed by atoms with van der Waals surface area (Å²) in [5.41, 5.74) is 3.72. The van der Waals surface area contributed by atoms with Crippen molar-refractivity contribution in [2.75, 3.05) is 13.2 Å². The number of nitrogens with one attached hydrogen (secondary N) is 2. The maximum Gasteiger partial charge on any atom is 0.224 e. The number of rotatable bonds is 10. The van der Waals surface area contributed by atoms with E-state index in [0.29, 0.717) is 19.1 Å². The van der Waals surface area contributed by atoms with E-state index in [0.717, 1.165) is 38.0 Å². The zero-order valence-corrected chi connectivity index (χ0v) is 19.0. The second kappa shape index (κ2) is 11.9. The Morgan fingerprint density at radius 2 is 1.90 bits per heavy atom. The van der Waals surface area contributed by atoms with Gasteiger partial charge in [0.1, 0.15) is 0 Å². The number of hydrogen-bond donors (Lipinski definition) is 2. The van der Waals surface area contributed by atoms with Gasteiger partial charge in [0.05, 0.1) is 6.61 Å². The molecule has 31 heavy (non-hydrogen) atoms.